The summed E-state index contributed by atoms with van der Waals surface area (Å²) in [6.07, 6.45) is -0.0812. The van der Waals surface area contributed by atoms with Crippen molar-refractivity contribution in [3.8, 4) is 5.75 Å². The van der Waals surface area contributed by atoms with Crippen molar-refractivity contribution < 1.29 is 26.7 Å². The molecule has 9 heteroatoms. The third-order valence-corrected chi connectivity index (χ3v) is 5.55. The highest BCUT2D eigenvalue weighted by molar-refractivity contribution is 7.89. The molecule has 1 saturated heterocycles. The predicted octanol–water partition coefficient (Wildman–Crippen LogP) is 2.06. The van der Waals surface area contributed by atoms with Crippen LogP contribution < -0.4 is 14.4 Å². The molecule has 0 aromatic heterocycles. The number of nitrogens with zero attached hydrogens (tertiary/aromatic N) is 1. The Morgan fingerprint density at radius 1 is 1.15 bits per heavy atom. The second kappa shape index (κ2) is 7.00. The number of carbonyl (C=O) groups is 1. The van der Waals surface area contributed by atoms with E-state index in [1.165, 1.54) is 12.0 Å². The molecule has 1 N–H and O–H groups in total. The zero-order valence-corrected chi connectivity index (χ0v) is 14.6. The van der Waals surface area contributed by atoms with Crippen LogP contribution in [0.4, 0.5) is 14.5 Å². The summed E-state index contributed by atoms with van der Waals surface area (Å²) in [5.41, 5.74) is 0.592. The first-order chi connectivity index (χ1) is 12.3. The second-order valence-electron chi connectivity index (χ2n) is 5.80. The summed E-state index contributed by atoms with van der Waals surface area (Å²) in [6.45, 7) is 0.0846. The fraction of sp³-hybridized carbons (Fsp3) is 0.235. The van der Waals surface area contributed by atoms with Gasteiger partial charge in [-0.25, -0.2) is 21.9 Å². The Morgan fingerprint density at radius 3 is 2.50 bits per heavy atom. The van der Waals surface area contributed by atoms with E-state index in [0.29, 0.717) is 17.5 Å². The van der Waals surface area contributed by atoms with Crippen molar-refractivity contribution in [3.63, 3.8) is 0 Å². The average molecular weight is 382 g/mol. The number of methoxy groups -OCH3 is 1. The van der Waals surface area contributed by atoms with Crippen molar-refractivity contribution in [1.82, 2.24) is 4.72 Å². The summed E-state index contributed by atoms with van der Waals surface area (Å²) in [4.78, 5) is 12.8. The van der Waals surface area contributed by atoms with E-state index < -0.39 is 32.6 Å². The van der Waals surface area contributed by atoms with Gasteiger partial charge in [0, 0.05) is 24.7 Å². The van der Waals surface area contributed by atoms with E-state index in [0.717, 1.165) is 12.1 Å². The van der Waals surface area contributed by atoms with Gasteiger partial charge in [-0.2, -0.15) is 0 Å². The quantitative estimate of drug-likeness (QED) is 0.859. The molecule has 3 rings (SSSR count). The molecule has 1 aliphatic heterocycles. The number of hydrogen-bond acceptors (Lipinski definition) is 4. The van der Waals surface area contributed by atoms with E-state index in [1.807, 2.05) is 0 Å². The monoisotopic (exact) mass is 382 g/mol. The second-order valence-corrected chi connectivity index (χ2v) is 7.48. The number of ether oxygens (including phenoxy) is 1. The van der Waals surface area contributed by atoms with Gasteiger partial charge in [-0.15, -0.1) is 0 Å². The van der Waals surface area contributed by atoms with Gasteiger partial charge >= 0.3 is 0 Å². The van der Waals surface area contributed by atoms with Gasteiger partial charge in [-0.1, -0.05) is 0 Å². The van der Waals surface area contributed by atoms with Crippen LogP contribution in [0.25, 0.3) is 0 Å². The maximum absolute atomic E-state index is 13.8. The Labute approximate surface area is 149 Å². The van der Waals surface area contributed by atoms with Crippen molar-refractivity contribution in [2.24, 2.45) is 0 Å². The molecular weight excluding hydrogens is 366 g/mol. The number of rotatable bonds is 5. The molecule has 1 atom stereocenters. The van der Waals surface area contributed by atoms with Crippen molar-refractivity contribution in [2.75, 3.05) is 18.6 Å². The van der Waals surface area contributed by atoms with Crippen LogP contribution in [0, 0.1) is 11.6 Å². The minimum absolute atomic E-state index is 0.0812. The van der Waals surface area contributed by atoms with Crippen LogP contribution in [-0.4, -0.2) is 34.0 Å². The maximum Gasteiger partial charge on any atom is 0.243 e. The first kappa shape index (κ1) is 18.3. The number of hydrogen-bond donors (Lipinski definition) is 1. The van der Waals surface area contributed by atoms with E-state index >= 15 is 0 Å². The lowest BCUT2D eigenvalue weighted by Gasteiger charge is -2.17. The number of nitrogens with one attached hydrogen (secondary N) is 1. The molecule has 1 heterocycles. The van der Waals surface area contributed by atoms with E-state index in [4.69, 9.17) is 4.74 Å². The fourth-order valence-electron chi connectivity index (χ4n) is 2.76. The summed E-state index contributed by atoms with van der Waals surface area (Å²) in [5, 5.41) is 0. The van der Waals surface area contributed by atoms with Gasteiger partial charge in [0.05, 0.1) is 7.11 Å². The lowest BCUT2D eigenvalue weighted by atomic mass is 10.3. The van der Waals surface area contributed by atoms with Crippen molar-refractivity contribution >= 4 is 21.6 Å². The van der Waals surface area contributed by atoms with Gasteiger partial charge in [0.25, 0.3) is 0 Å². The molecule has 2 aromatic carbocycles. The smallest absolute Gasteiger partial charge is 0.243 e. The van der Waals surface area contributed by atoms with Crippen LogP contribution in [0.1, 0.15) is 6.42 Å². The molecule has 0 bridgehead atoms. The van der Waals surface area contributed by atoms with Gasteiger partial charge in [-0.05, 0) is 42.5 Å². The number of halogens is 2. The molecule has 6 nitrogen and oxygen atoms in total. The highest BCUT2D eigenvalue weighted by Crippen LogP contribution is 2.25. The van der Waals surface area contributed by atoms with E-state index in [1.54, 1.807) is 24.3 Å². The Kier molecular flexibility index (Phi) is 4.92. The standard InChI is InChI=1S/C17H16F2N2O4S/c1-25-14-5-3-13(4-6-14)21-10-12(9-17(21)22)20-26(23,24)16-8-11(18)2-7-15(16)19/h2-8,12,20H,9-10H2,1H3/t12-/m1/s1. The van der Waals surface area contributed by atoms with Gasteiger partial charge < -0.3 is 9.64 Å². The molecule has 26 heavy (non-hydrogen) atoms. The summed E-state index contributed by atoms with van der Waals surface area (Å²) in [6, 6.07) is 8.16. The van der Waals surface area contributed by atoms with Crippen molar-refractivity contribution in [2.45, 2.75) is 17.4 Å². The van der Waals surface area contributed by atoms with E-state index in [-0.39, 0.29) is 18.9 Å². The minimum Gasteiger partial charge on any atom is -0.497 e. The van der Waals surface area contributed by atoms with Crippen LogP contribution in [0.15, 0.2) is 47.4 Å². The number of amides is 1. The first-order valence-corrected chi connectivity index (χ1v) is 9.20. The molecule has 138 valence electrons. The van der Waals surface area contributed by atoms with E-state index in [2.05, 4.69) is 4.72 Å². The van der Waals surface area contributed by atoms with Crippen LogP contribution in [0.5, 0.6) is 5.75 Å². The highest BCUT2D eigenvalue weighted by atomic mass is 32.2. The number of sulfonamides is 1. The third-order valence-electron chi connectivity index (χ3n) is 4.01. The molecule has 1 fully saturated rings. The zero-order valence-electron chi connectivity index (χ0n) is 13.8. The molecule has 0 spiro atoms. The van der Waals surface area contributed by atoms with Crippen LogP contribution >= 0.6 is 0 Å². The van der Waals surface area contributed by atoms with E-state index in [9.17, 15) is 22.0 Å². The van der Waals surface area contributed by atoms with Gasteiger partial charge in [0.1, 0.15) is 22.3 Å². The zero-order chi connectivity index (χ0) is 18.9. The summed E-state index contributed by atoms with van der Waals surface area (Å²) < 4.78 is 59.0. The minimum atomic E-state index is -4.30. The largest absolute Gasteiger partial charge is 0.497 e. The number of anilines is 1. The Hall–Kier alpha value is -2.52. The first-order valence-electron chi connectivity index (χ1n) is 7.72. The van der Waals surface area contributed by atoms with Crippen molar-refractivity contribution in [1.29, 1.82) is 0 Å². The van der Waals surface area contributed by atoms with Crippen LogP contribution in [-0.2, 0) is 14.8 Å². The summed E-state index contributed by atoms with van der Waals surface area (Å²) in [7, 11) is -2.78. The number of benzene rings is 2. The average Bonchev–Trinajstić information content (AvgIpc) is 2.96. The summed E-state index contributed by atoms with van der Waals surface area (Å²) >= 11 is 0. The Balaban J connectivity index is 1.77. The lowest BCUT2D eigenvalue weighted by Crippen LogP contribution is -2.37. The van der Waals surface area contributed by atoms with Crippen LogP contribution in [0.3, 0.4) is 0 Å². The Bertz CT molecular complexity index is 932. The normalized spacial score (nSPS) is 17.6. The SMILES string of the molecule is COc1ccc(N2C[C@H](NS(=O)(=O)c3cc(F)ccc3F)CC2=O)cc1. The molecule has 0 aliphatic carbocycles. The highest BCUT2D eigenvalue weighted by Gasteiger charge is 2.34. The van der Waals surface area contributed by atoms with Gasteiger partial charge in [0.2, 0.25) is 15.9 Å². The summed E-state index contributed by atoms with van der Waals surface area (Å²) in [5.74, 6) is -1.58. The topological polar surface area (TPSA) is 75.7 Å². The lowest BCUT2D eigenvalue weighted by molar-refractivity contribution is -0.117. The Morgan fingerprint density at radius 2 is 1.85 bits per heavy atom. The molecule has 0 radical (unpaired) electrons. The molecule has 0 unspecified atom stereocenters. The third kappa shape index (κ3) is 3.68. The molecule has 1 aliphatic rings. The van der Waals surface area contributed by atoms with Crippen molar-refractivity contribution in [3.05, 3.63) is 54.1 Å². The number of carbonyl (C=O) groups excluding carboxylic acids is 1. The molecule has 1 amide bonds. The molecule has 0 saturated carbocycles. The predicted molar refractivity (Wildman–Crippen MR) is 90.4 cm³/mol. The fourth-order valence-corrected chi connectivity index (χ4v) is 4.08. The van der Waals surface area contributed by atoms with Gasteiger partial charge in [-0.3, -0.25) is 4.79 Å². The molecule has 2 aromatic rings. The molecular formula is C17H16F2N2O4S. The van der Waals surface area contributed by atoms with Crippen LogP contribution in [0.2, 0.25) is 0 Å². The van der Waals surface area contributed by atoms with Gasteiger partial charge in [0.15, 0.2) is 0 Å². The maximum atomic E-state index is 13.8.